The summed E-state index contributed by atoms with van der Waals surface area (Å²) in [5, 5.41) is 8.86. The van der Waals surface area contributed by atoms with Crippen LogP contribution >= 0.6 is 11.8 Å². The molecule has 2 N–H and O–H groups in total. The fraction of sp³-hybridized carbons (Fsp3) is 0.286. The third-order valence-electron chi connectivity index (χ3n) is 4.40. The zero-order valence-electron chi connectivity index (χ0n) is 16.8. The molecule has 3 rings (SSSR count). The quantitative estimate of drug-likeness (QED) is 0.447. The number of aromatic nitrogens is 2. The monoisotopic (exact) mass is 443 g/mol. The van der Waals surface area contributed by atoms with Crippen molar-refractivity contribution < 1.29 is 28.7 Å². The number of ether oxygens (including phenoxy) is 2. The summed E-state index contributed by atoms with van der Waals surface area (Å²) in [5.74, 6) is -0.504. The molecule has 162 valence electrons. The number of hydrogen-bond acceptors (Lipinski definition) is 8. The van der Waals surface area contributed by atoms with Crippen LogP contribution in [-0.4, -0.2) is 53.2 Å². The van der Waals surface area contributed by atoms with E-state index >= 15 is 0 Å². The number of methoxy groups -OCH3 is 1. The van der Waals surface area contributed by atoms with E-state index in [0.717, 1.165) is 19.3 Å². The molecule has 10 heteroatoms. The van der Waals surface area contributed by atoms with Crippen LogP contribution in [0.2, 0.25) is 0 Å². The summed E-state index contributed by atoms with van der Waals surface area (Å²) >= 11 is 1.26. The number of nitrogens with one attached hydrogen (secondary N) is 2. The number of thioether (sulfide) groups is 1. The molecule has 2 aromatic rings. The smallest absolute Gasteiger partial charge is 0.412 e. The minimum Gasteiger partial charge on any atom is -0.464 e. The Morgan fingerprint density at radius 1 is 1.13 bits per heavy atom. The van der Waals surface area contributed by atoms with E-state index in [-0.39, 0.29) is 21.9 Å². The van der Waals surface area contributed by atoms with Crippen molar-refractivity contribution in [2.45, 2.75) is 19.3 Å². The number of aromatic amines is 1. The maximum absolute atomic E-state index is 12.7. The molecule has 1 aromatic carbocycles. The summed E-state index contributed by atoms with van der Waals surface area (Å²) in [6.07, 6.45) is 3.08. The largest absolute Gasteiger partial charge is 0.464 e. The highest BCUT2D eigenvalue weighted by molar-refractivity contribution is 8.04. The molecule has 9 nitrogen and oxygen atoms in total. The summed E-state index contributed by atoms with van der Waals surface area (Å²) in [6.45, 7) is 0.470. The molecular weight excluding hydrogens is 422 g/mol. The van der Waals surface area contributed by atoms with Gasteiger partial charge in [-0.05, 0) is 30.7 Å². The first-order chi connectivity index (χ1) is 15.0. The van der Waals surface area contributed by atoms with E-state index in [1.165, 1.54) is 24.9 Å². The van der Waals surface area contributed by atoms with E-state index < -0.39 is 23.6 Å². The summed E-state index contributed by atoms with van der Waals surface area (Å²) in [6, 6.07) is 8.79. The first-order valence-electron chi connectivity index (χ1n) is 9.62. The number of H-pyrrole nitrogens is 1. The van der Waals surface area contributed by atoms with Crippen molar-refractivity contribution in [1.29, 1.82) is 0 Å². The molecule has 31 heavy (non-hydrogen) atoms. The number of carbonyl (C=O) groups is 4. The number of rotatable bonds is 9. The second kappa shape index (κ2) is 10.6. The lowest BCUT2D eigenvalue weighted by atomic mass is 9.99. The first-order valence-corrected chi connectivity index (χ1v) is 10.6. The molecule has 1 heterocycles. The lowest BCUT2D eigenvalue weighted by Crippen LogP contribution is -2.27. The molecule has 0 unspecified atom stereocenters. The number of esters is 1. The Morgan fingerprint density at radius 2 is 1.90 bits per heavy atom. The fourth-order valence-electron chi connectivity index (χ4n) is 2.88. The Kier molecular flexibility index (Phi) is 7.60. The molecule has 1 aliphatic rings. The molecule has 0 atom stereocenters. The molecule has 1 aliphatic carbocycles. The number of carbonyl (C=O) groups excluding carboxylic acids is 4. The van der Waals surface area contributed by atoms with Crippen molar-refractivity contribution in [2.75, 3.05) is 19.4 Å². The van der Waals surface area contributed by atoms with Gasteiger partial charge in [0.25, 0.3) is 0 Å². The molecule has 0 bridgehead atoms. The maximum Gasteiger partial charge on any atom is 0.412 e. The van der Waals surface area contributed by atoms with Crippen LogP contribution in [0.15, 0.2) is 41.3 Å². The minimum atomic E-state index is -0.751. The van der Waals surface area contributed by atoms with Gasteiger partial charge in [0, 0.05) is 12.6 Å². The number of nitrogens with zero attached hydrogens (tertiary/aromatic N) is 1. The number of para-hydroxylation sites is 1. The van der Waals surface area contributed by atoms with Crippen LogP contribution in [0, 0.1) is 0 Å². The van der Waals surface area contributed by atoms with Crippen LogP contribution in [0.1, 0.15) is 50.6 Å². The second-order valence-corrected chi connectivity index (χ2v) is 7.69. The maximum atomic E-state index is 12.7. The number of allylic oxidation sites excluding steroid dienone is 2. The van der Waals surface area contributed by atoms with E-state index in [4.69, 9.17) is 4.74 Å². The molecule has 0 radical (unpaired) electrons. The average Bonchev–Trinajstić information content (AvgIpc) is 3.22. The predicted molar refractivity (Wildman–Crippen MR) is 113 cm³/mol. The van der Waals surface area contributed by atoms with Crippen molar-refractivity contribution in [3.05, 3.63) is 58.3 Å². The van der Waals surface area contributed by atoms with Gasteiger partial charge in [0.1, 0.15) is 11.4 Å². The summed E-state index contributed by atoms with van der Waals surface area (Å²) in [4.78, 5) is 48.7. The van der Waals surface area contributed by atoms with E-state index in [9.17, 15) is 19.2 Å². The van der Waals surface area contributed by atoms with Crippen LogP contribution < -0.4 is 10.1 Å². The minimum absolute atomic E-state index is 0.0389. The molecule has 1 aromatic heterocycles. The zero-order chi connectivity index (χ0) is 22.2. The van der Waals surface area contributed by atoms with Gasteiger partial charge in [-0.1, -0.05) is 24.6 Å². The highest BCUT2D eigenvalue weighted by Gasteiger charge is 2.34. The number of amides is 1. The van der Waals surface area contributed by atoms with Gasteiger partial charge in [-0.15, -0.1) is 11.8 Å². The number of unbranched alkanes of at least 4 members (excludes halogenated alkanes) is 2. The van der Waals surface area contributed by atoms with Crippen LogP contribution in [0.25, 0.3) is 0 Å². The van der Waals surface area contributed by atoms with Gasteiger partial charge in [-0.25, -0.2) is 9.59 Å². The average molecular weight is 443 g/mol. The third kappa shape index (κ3) is 5.60. The Hall–Kier alpha value is -3.40. The Morgan fingerprint density at radius 3 is 2.65 bits per heavy atom. The Labute approximate surface area is 182 Å². The highest BCUT2D eigenvalue weighted by Crippen LogP contribution is 2.30. The number of ketones is 2. The SMILES string of the molecule is COC(=O)c1[nH]nc2c1C(=O)C(SCCCCCNC(=O)Oc1ccccc1)=CC2=O. The van der Waals surface area contributed by atoms with Crippen LogP contribution in [0.4, 0.5) is 4.79 Å². The first kappa shape index (κ1) is 22.3. The third-order valence-corrected chi connectivity index (χ3v) is 5.51. The molecule has 0 aliphatic heterocycles. The number of Topliss-reactive ketones (excluding diaryl/α,β-unsaturated/α-hetero) is 1. The molecule has 0 saturated heterocycles. The van der Waals surface area contributed by atoms with Crippen molar-refractivity contribution in [3.8, 4) is 5.75 Å². The van der Waals surface area contributed by atoms with Gasteiger partial charge in [-0.3, -0.25) is 14.7 Å². The van der Waals surface area contributed by atoms with E-state index in [0.29, 0.717) is 18.0 Å². The number of fused-ring (bicyclic) bond motifs is 1. The Balaban J connectivity index is 1.39. The van der Waals surface area contributed by atoms with Crippen molar-refractivity contribution >= 4 is 35.4 Å². The highest BCUT2D eigenvalue weighted by atomic mass is 32.2. The van der Waals surface area contributed by atoms with Gasteiger partial charge in [0.05, 0.1) is 17.6 Å². The lowest BCUT2D eigenvalue weighted by Gasteiger charge is -2.11. The summed E-state index contributed by atoms with van der Waals surface area (Å²) in [5.41, 5.74) is -0.221. The normalized spacial score (nSPS) is 12.7. The van der Waals surface area contributed by atoms with E-state index in [1.54, 1.807) is 24.3 Å². The molecule has 0 saturated carbocycles. The van der Waals surface area contributed by atoms with E-state index in [2.05, 4.69) is 20.3 Å². The van der Waals surface area contributed by atoms with Crippen LogP contribution in [0.3, 0.4) is 0 Å². The molecule has 0 fully saturated rings. The van der Waals surface area contributed by atoms with Gasteiger partial charge < -0.3 is 14.8 Å². The topological polar surface area (TPSA) is 127 Å². The van der Waals surface area contributed by atoms with Gasteiger partial charge >= 0.3 is 12.1 Å². The van der Waals surface area contributed by atoms with E-state index in [1.807, 2.05) is 6.07 Å². The number of hydrogen-bond donors (Lipinski definition) is 2. The zero-order valence-corrected chi connectivity index (χ0v) is 17.6. The summed E-state index contributed by atoms with van der Waals surface area (Å²) in [7, 11) is 1.19. The predicted octanol–water partition coefficient (Wildman–Crippen LogP) is 3.15. The fourth-order valence-corrected chi connectivity index (χ4v) is 3.87. The molecular formula is C21H21N3O6S. The van der Waals surface area contributed by atoms with Gasteiger partial charge in [0.2, 0.25) is 11.6 Å². The van der Waals surface area contributed by atoms with Crippen molar-refractivity contribution in [3.63, 3.8) is 0 Å². The van der Waals surface area contributed by atoms with Crippen molar-refractivity contribution in [2.24, 2.45) is 0 Å². The molecule has 0 spiro atoms. The lowest BCUT2D eigenvalue weighted by molar-refractivity contribution is 0.0591. The van der Waals surface area contributed by atoms with Crippen LogP contribution in [0.5, 0.6) is 5.75 Å². The van der Waals surface area contributed by atoms with Crippen molar-refractivity contribution in [1.82, 2.24) is 15.5 Å². The number of benzene rings is 1. The Bertz CT molecular complexity index is 1020. The second-order valence-electron chi connectivity index (χ2n) is 6.55. The standard InChI is InChI=1S/C21H21N3O6S/c1-29-20(27)18-16-17(23-24-18)14(25)12-15(19(16)26)31-11-7-3-6-10-22-21(28)30-13-8-4-2-5-9-13/h2,4-5,8-9,12H,3,6-7,10-11H2,1H3,(H,22,28)(H,23,24). The summed E-state index contributed by atoms with van der Waals surface area (Å²) < 4.78 is 9.76. The molecule has 1 amide bonds. The van der Waals surface area contributed by atoms with Crippen LogP contribution in [-0.2, 0) is 4.74 Å². The van der Waals surface area contributed by atoms with Gasteiger partial charge in [-0.2, -0.15) is 5.10 Å². The van der Waals surface area contributed by atoms with Gasteiger partial charge in [0.15, 0.2) is 5.69 Å².